The molecule has 27 heavy (non-hydrogen) atoms. The molecular weight excluding hydrogens is 332 g/mol. The molecule has 0 aliphatic carbocycles. The van der Waals surface area contributed by atoms with Crippen LogP contribution in [0.2, 0.25) is 0 Å². The van der Waals surface area contributed by atoms with E-state index >= 15 is 0 Å². The third kappa shape index (κ3) is 4.22. The van der Waals surface area contributed by atoms with Gasteiger partial charge in [0.25, 0.3) is 0 Å². The Kier molecular flexibility index (Phi) is 6.30. The minimum absolute atomic E-state index is 0.875. The zero-order valence-electron chi connectivity index (χ0n) is 16.9. The number of rotatable bonds is 8. The fraction of sp³-hybridized carbons (Fsp3) is 0.348. The number of hydrogen-bond donors (Lipinski definition) is 0. The van der Waals surface area contributed by atoms with Gasteiger partial charge >= 0.3 is 0 Å². The summed E-state index contributed by atoms with van der Waals surface area (Å²) in [6.45, 7) is 8.42. The summed E-state index contributed by atoms with van der Waals surface area (Å²) in [5.41, 5.74) is 5.76. The van der Waals surface area contributed by atoms with Gasteiger partial charge in [-0.05, 0) is 13.1 Å². The van der Waals surface area contributed by atoms with Gasteiger partial charge in [0.1, 0.15) is 5.69 Å². The summed E-state index contributed by atoms with van der Waals surface area (Å²) >= 11 is 0. The first-order chi connectivity index (χ1) is 13.2. The van der Waals surface area contributed by atoms with Gasteiger partial charge in [-0.2, -0.15) is 5.10 Å². The minimum Gasteiger partial charge on any atom is -0.374 e. The number of nitrogens with zero attached hydrogens (tertiary/aromatic N) is 4. The van der Waals surface area contributed by atoms with Gasteiger partial charge in [-0.3, -0.25) is 4.68 Å². The average Bonchev–Trinajstić information content (AvgIpc) is 3.10. The molecule has 142 valence electrons. The van der Waals surface area contributed by atoms with Crippen molar-refractivity contribution in [1.82, 2.24) is 14.7 Å². The van der Waals surface area contributed by atoms with Crippen molar-refractivity contribution in [3.8, 4) is 22.5 Å². The quantitative estimate of drug-likeness (QED) is 0.584. The van der Waals surface area contributed by atoms with Crippen LogP contribution in [0.15, 0.2) is 60.7 Å². The van der Waals surface area contributed by atoms with Crippen molar-refractivity contribution in [2.75, 3.05) is 38.6 Å². The molecule has 0 bridgehead atoms. The van der Waals surface area contributed by atoms with Crippen LogP contribution in [0.25, 0.3) is 22.5 Å². The van der Waals surface area contributed by atoms with Gasteiger partial charge in [-0.15, -0.1) is 0 Å². The van der Waals surface area contributed by atoms with Crippen LogP contribution in [0.4, 0.5) is 5.69 Å². The van der Waals surface area contributed by atoms with Crippen LogP contribution in [0.5, 0.6) is 0 Å². The van der Waals surface area contributed by atoms with E-state index in [1.165, 1.54) is 16.9 Å². The molecule has 0 amide bonds. The topological polar surface area (TPSA) is 24.3 Å². The molecule has 0 spiro atoms. The molecule has 0 unspecified atom stereocenters. The Morgan fingerprint density at radius 1 is 0.815 bits per heavy atom. The molecule has 0 radical (unpaired) electrons. The van der Waals surface area contributed by atoms with Crippen LogP contribution >= 0.6 is 0 Å². The monoisotopic (exact) mass is 362 g/mol. The summed E-state index contributed by atoms with van der Waals surface area (Å²) in [5.74, 6) is 0. The van der Waals surface area contributed by atoms with Crippen molar-refractivity contribution in [3.05, 3.63) is 60.7 Å². The van der Waals surface area contributed by atoms with Crippen LogP contribution in [0.3, 0.4) is 0 Å². The Hall–Kier alpha value is -2.59. The highest BCUT2D eigenvalue weighted by atomic mass is 15.3. The predicted molar refractivity (Wildman–Crippen MR) is 115 cm³/mol. The summed E-state index contributed by atoms with van der Waals surface area (Å²) in [7, 11) is 4.20. The maximum Gasteiger partial charge on any atom is 0.116 e. The first kappa shape index (κ1) is 19.2. The van der Waals surface area contributed by atoms with Gasteiger partial charge in [0.15, 0.2) is 0 Å². The summed E-state index contributed by atoms with van der Waals surface area (Å²) in [5, 5.41) is 5.07. The smallest absolute Gasteiger partial charge is 0.116 e. The molecule has 0 fully saturated rings. The van der Waals surface area contributed by atoms with E-state index in [1.54, 1.807) is 0 Å². The molecule has 0 saturated heterocycles. The van der Waals surface area contributed by atoms with E-state index in [0.29, 0.717) is 0 Å². The van der Waals surface area contributed by atoms with Crippen molar-refractivity contribution in [2.24, 2.45) is 0 Å². The molecule has 0 aliphatic heterocycles. The highest BCUT2D eigenvalue weighted by Crippen LogP contribution is 2.38. The Balaban J connectivity index is 2.13. The lowest BCUT2D eigenvalue weighted by atomic mass is 10.1. The van der Waals surface area contributed by atoms with Crippen molar-refractivity contribution in [3.63, 3.8) is 0 Å². The Morgan fingerprint density at radius 3 is 1.89 bits per heavy atom. The van der Waals surface area contributed by atoms with Crippen LogP contribution in [0.1, 0.15) is 13.8 Å². The normalized spacial score (nSPS) is 11.1. The zero-order valence-corrected chi connectivity index (χ0v) is 16.9. The second-order valence-electron chi connectivity index (χ2n) is 6.92. The third-order valence-corrected chi connectivity index (χ3v) is 4.99. The third-order valence-electron chi connectivity index (χ3n) is 4.99. The number of anilines is 1. The van der Waals surface area contributed by atoms with E-state index in [-0.39, 0.29) is 0 Å². The number of likely N-dealkylation sites (N-methyl/N-ethyl adjacent to an activating group) is 1. The van der Waals surface area contributed by atoms with E-state index in [1.807, 2.05) is 6.07 Å². The van der Waals surface area contributed by atoms with Crippen LogP contribution in [-0.2, 0) is 6.54 Å². The van der Waals surface area contributed by atoms with Crippen molar-refractivity contribution >= 4 is 5.69 Å². The van der Waals surface area contributed by atoms with E-state index in [4.69, 9.17) is 5.10 Å². The molecule has 1 aromatic heterocycles. The molecule has 0 saturated carbocycles. The van der Waals surface area contributed by atoms with Gasteiger partial charge in [0.2, 0.25) is 0 Å². The van der Waals surface area contributed by atoms with Crippen molar-refractivity contribution < 1.29 is 0 Å². The van der Waals surface area contributed by atoms with E-state index in [9.17, 15) is 0 Å². The largest absolute Gasteiger partial charge is 0.374 e. The second-order valence-corrected chi connectivity index (χ2v) is 6.92. The van der Waals surface area contributed by atoms with E-state index in [0.717, 1.165) is 37.4 Å². The SMILES string of the molecule is CCN(CC)CCn1nc(-c2ccccc2)c(N(C)C)c1-c1ccccc1. The fourth-order valence-corrected chi connectivity index (χ4v) is 3.49. The number of aromatic nitrogens is 2. The average molecular weight is 363 g/mol. The fourth-order valence-electron chi connectivity index (χ4n) is 3.49. The molecule has 1 heterocycles. The summed E-state index contributed by atoms with van der Waals surface area (Å²) < 4.78 is 2.19. The van der Waals surface area contributed by atoms with Gasteiger partial charge in [-0.1, -0.05) is 74.5 Å². The molecule has 3 rings (SSSR count). The molecular formula is C23H30N4. The summed E-state index contributed by atoms with van der Waals surface area (Å²) in [6, 6.07) is 21.1. The lowest BCUT2D eigenvalue weighted by Crippen LogP contribution is -2.27. The maximum absolute atomic E-state index is 5.07. The standard InChI is InChI=1S/C23H30N4/c1-5-26(6-2)17-18-27-22(20-15-11-8-12-16-20)23(25(3)4)21(24-27)19-13-9-7-10-14-19/h7-16H,5-6,17-18H2,1-4H3. The first-order valence-corrected chi connectivity index (χ1v) is 9.77. The lowest BCUT2D eigenvalue weighted by molar-refractivity contribution is 0.286. The van der Waals surface area contributed by atoms with Gasteiger partial charge in [0.05, 0.1) is 17.9 Å². The lowest BCUT2D eigenvalue weighted by Gasteiger charge is -2.20. The van der Waals surface area contributed by atoms with Crippen molar-refractivity contribution in [2.45, 2.75) is 20.4 Å². The summed E-state index contributed by atoms with van der Waals surface area (Å²) in [6.07, 6.45) is 0. The highest BCUT2D eigenvalue weighted by molar-refractivity contribution is 5.87. The highest BCUT2D eigenvalue weighted by Gasteiger charge is 2.22. The van der Waals surface area contributed by atoms with Gasteiger partial charge in [0, 0.05) is 31.8 Å². The minimum atomic E-state index is 0.875. The predicted octanol–water partition coefficient (Wildman–Crippen LogP) is 4.62. The molecule has 3 aromatic rings. The van der Waals surface area contributed by atoms with E-state index < -0.39 is 0 Å². The molecule has 0 N–H and O–H groups in total. The van der Waals surface area contributed by atoms with Gasteiger partial charge in [-0.25, -0.2) is 0 Å². The van der Waals surface area contributed by atoms with Crippen LogP contribution < -0.4 is 4.90 Å². The van der Waals surface area contributed by atoms with Crippen LogP contribution in [0, 0.1) is 0 Å². The van der Waals surface area contributed by atoms with Crippen molar-refractivity contribution in [1.29, 1.82) is 0 Å². The Labute approximate surface area is 163 Å². The summed E-state index contributed by atoms with van der Waals surface area (Å²) in [4.78, 5) is 4.62. The molecule has 0 atom stereocenters. The van der Waals surface area contributed by atoms with E-state index in [2.05, 4.69) is 97.0 Å². The number of benzene rings is 2. The zero-order chi connectivity index (χ0) is 19.2. The molecule has 2 aromatic carbocycles. The molecule has 0 aliphatic rings. The second kappa shape index (κ2) is 8.87. The molecule has 4 nitrogen and oxygen atoms in total. The Bertz CT molecular complexity index is 834. The maximum atomic E-state index is 5.07. The molecule has 4 heteroatoms. The first-order valence-electron chi connectivity index (χ1n) is 9.77. The number of hydrogen-bond acceptors (Lipinski definition) is 3. The van der Waals surface area contributed by atoms with Gasteiger partial charge < -0.3 is 9.80 Å². The van der Waals surface area contributed by atoms with Crippen LogP contribution in [-0.4, -0.2) is 48.4 Å². The Morgan fingerprint density at radius 2 is 1.37 bits per heavy atom.